The molecule has 0 atom stereocenters. The molecule has 2 amide bonds. The van der Waals surface area contributed by atoms with E-state index in [-0.39, 0.29) is 33.1 Å². The van der Waals surface area contributed by atoms with Crippen LogP contribution in [0.2, 0.25) is 0 Å². The zero-order valence-electron chi connectivity index (χ0n) is 14.6. The molecular formula is C18H24N2O6. The van der Waals surface area contributed by atoms with E-state index in [1.54, 1.807) is 12.1 Å². The van der Waals surface area contributed by atoms with Crippen LogP contribution in [0, 0.1) is 0 Å². The van der Waals surface area contributed by atoms with Gasteiger partial charge in [-0.2, -0.15) is 0 Å². The monoisotopic (exact) mass is 364 g/mol. The minimum Gasteiger partial charge on any atom is -0.454 e. The molecule has 8 nitrogen and oxygen atoms in total. The quantitative estimate of drug-likeness (QED) is 0.608. The molecule has 3 rings (SSSR count). The van der Waals surface area contributed by atoms with Gasteiger partial charge in [-0.15, -0.1) is 0 Å². The fourth-order valence-corrected chi connectivity index (χ4v) is 3.29. The number of hydrogen-bond donors (Lipinski definition) is 3. The number of aliphatic hydroxyl groups excluding tert-OH is 1. The zero-order valence-corrected chi connectivity index (χ0v) is 14.6. The van der Waals surface area contributed by atoms with Gasteiger partial charge in [-0.25, -0.2) is 0 Å². The van der Waals surface area contributed by atoms with Crippen molar-refractivity contribution in [2.24, 2.45) is 0 Å². The molecule has 0 radical (unpaired) electrons. The van der Waals surface area contributed by atoms with Crippen molar-refractivity contribution in [1.82, 2.24) is 10.6 Å². The Morgan fingerprint density at radius 3 is 2.62 bits per heavy atom. The van der Waals surface area contributed by atoms with E-state index in [9.17, 15) is 9.59 Å². The molecule has 2 aliphatic rings. The van der Waals surface area contributed by atoms with Crippen molar-refractivity contribution >= 4 is 11.8 Å². The number of fused-ring (bicyclic) bond motifs is 1. The maximum Gasteiger partial charge on any atom is 0.309 e. The van der Waals surface area contributed by atoms with Gasteiger partial charge in [-0.05, 0) is 30.5 Å². The summed E-state index contributed by atoms with van der Waals surface area (Å²) >= 11 is 0. The van der Waals surface area contributed by atoms with Gasteiger partial charge >= 0.3 is 11.8 Å². The first-order valence-electron chi connectivity index (χ1n) is 8.81. The van der Waals surface area contributed by atoms with Crippen LogP contribution in [-0.2, 0) is 20.9 Å². The number of amides is 2. The van der Waals surface area contributed by atoms with Crippen LogP contribution in [0.15, 0.2) is 18.2 Å². The molecule has 8 heteroatoms. The van der Waals surface area contributed by atoms with E-state index in [1.165, 1.54) is 0 Å². The highest BCUT2D eigenvalue weighted by Crippen LogP contribution is 2.33. The zero-order chi connectivity index (χ0) is 18.4. The molecule has 1 fully saturated rings. The Morgan fingerprint density at radius 1 is 1.12 bits per heavy atom. The van der Waals surface area contributed by atoms with Gasteiger partial charge < -0.3 is 30.0 Å². The number of hydrogen-bond acceptors (Lipinski definition) is 6. The van der Waals surface area contributed by atoms with Gasteiger partial charge in [-0.1, -0.05) is 18.9 Å². The highest BCUT2D eigenvalue weighted by atomic mass is 16.7. The molecule has 3 N–H and O–H groups in total. The Hall–Kier alpha value is -2.32. The maximum absolute atomic E-state index is 12.1. The maximum atomic E-state index is 12.1. The summed E-state index contributed by atoms with van der Waals surface area (Å²) in [6.45, 7) is 0.837. The summed E-state index contributed by atoms with van der Waals surface area (Å²) in [5, 5.41) is 14.2. The highest BCUT2D eigenvalue weighted by Gasteiger charge is 2.35. The Morgan fingerprint density at radius 2 is 1.85 bits per heavy atom. The summed E-state index contributed by atoms with van der Waals surface area (Å²) in [7, 11) is 0. The normalized spacial score (nSPS) is 17.1. The van der Waals surface area contributed by atoms with Crippen LogP contribution < -0.4 is 20.1 Å². The van der Waals surface area contributed by atoms with Crippen molar-refractivity contribution in [2.45, 2.75) is 37.8 Å². The van der Waals surface area contributed by atoms with Gasteiger partial charge in [0.25, 0.3) is 0 Å². The molecule has 1 aromatic rings. The molecule has 1 aromatic carbocycles. The Bertz CT molecular complexity index is 657. The summed E-state index contributed by atoms with van der Waals surface area (Å²) in [5.41, 5.74) is 0.338. The molecular weight excluding hydrogens is 340 g/mol. The molecule has 1 aliphatic carbocycles. The van der Waals surface area contributed by atoms with E-state index in [2.05, 4.69) is 10.6 Å². The van der Waals surface area contributed by atoms with Crippen LogP contribution in [0.4, 0.5) is 0 Å². The van der Waals surface area contributed by atoms with Crippen molar-refractivity contribution < 1.29 is 28.9 Å². The first-order chi connectivity index (χ1) is 12.6. The first-order valence-corrected chi connectivity index (χ1v) is 8.81. The van der Waals surface area contributed by atoms with Crippen molar-refractivity contribution in [1.29, 1.82) is 0 Å². The van der Waals surface area contributed by atoms with Crippen LogP contribution in [0.25, 0.3) is 0 Å². The lowest BCUT2D eigenvalue weighted by Gasteiger charge is -2.29. The summed E-state index contributed by atoms with van der Waals surface area (Å²) in [6, 6.07) is 5.35. The topological polar surface area (TPSA) is 106 Å². The number of aliphatic hydroxyl groups is 1. The number of carbonyl (C=O) groups is 2. The predicted octanol–water partition coefficient (Wildman–Crippen LogP) is 0.469. The van der Waals surface area contributed by atoms with Gasteiger partial charge in [-0.3, -0.25) is 9.59 Å². The average molecular weight is 364 g/mol. The molecule has 26 heavy (non-hydrogen) atoms. The average Bonchev–Trinajstić information content (AvgIpc) is 3.31. The van der Waals surface area contributed by atoms with Crippen LogP contribution in [0.1, 0.15) is 31.2 Å². The van der Waals surface area contributed by atoms with E-state index < -0.39 is 17.4 Å². The van der Waals surface area contributed by atoms with Crippen molar-refractivity contribution in [3.05, 3.63) is 23.8 Å². The summed E-state index contributed by atoms with van der Waals surface area (Å²) in [4.78, 5) is 24.1. The van der Waals surface area contributed by atoms with E-state index in [0.717, 1.165) is 31.2 Å². The van der Waals surface area contributed by atoms with Gasteiger partial charge in [0.2, 0.25) is 6.79 Å². The van der Waals surface area contributed by atoms with E-state index in [1.807, 2.05) is 6.07 Å². The molecule has 0 unspecified atom stereocenters. The highest BCUT2D eigenvalue weighted by molar-refractivity contribution is 6.35. The minimum absolute atomic E-state index is 0.0638. The summed E-state index contributed by atoms with van der Waals surface area (Å²) < 4.78 is 16.2. The fraction of sp³-hybridized carbons (Fsp3) is 0.556. The second-order valence-electron chi connectivity index (χ2n) is 6.52. The van der Waals surface area contributed by atoms with Crippen molar-refractivity contribution in [3.63, 3.8) is 0 Å². The summed E-state index contributed by atoms with van der Waals surface area (Å²) in [5.74, 6) is -0.0874. The third-order valence-electron chi connectivity index (χ3n) is 4.68. The number of benzene rings is 1. The molecule has 0 spiro atoms. The van der Waals surface area contributed by atoms with Gasteiger partial charge in [0.15, 0.2) is 11.5 Å². The smallest absolute Gasteiger partial charge is 0.309 e. The van der Waals surface area contributed by atoms with Gasteiger partial charge in [0, 0.05) is 13.1 Å². The third kappa shape index (κ3) is 4.44. The van der Waals surface area contributed by atoms with Crippen molar-refractivity contribution in [2.75, 3.05) is 26.6 Å². The fourth-order valence-electron chi connectivity index (χ4n) is 3.29. The first kappa shape index (κ1) is 18.5. The van der Waals surface area contributed by atoms with E-state index >= 15 is 0 Å². The number of rotatable bonds is 7. The molecule has 0 saturated heterocycles. The third-order valence-corrected chi connectivity index (χ3v) is 4.68. The van der Waals surface area contributed by atoms with Crippen LogP contribution >= 0.6 is 0 Å². The molecule has 1 aliphatic heterocycles. The van der Waals surface area contributed by atoms with Crippen LogP contribution in [0.3, 0.4) is 0 Å². The Balaban J connectivity index is 1.46. The van der Waals surface area contributed by atoms with Gasteiger partial charge in [0.05, 0.1) is 18.8 Å². The molecule has 1 heterocycles. The van der Waals surface area contributed by atoms with Gasteiger partial charge in [0.1, 0.15) is 0 Å². The number of nitrogens with one attached hydrogen (secondary N) is 2. The van der Waals surface area contributed by atoms with E-state index in [0.29, 0.717) is 11.5 Å². The SMILES string of the molecule is O=C(NCc1ccc2c(c1)OCO2)C(=O)NCC1(OCCO)CCCC1. The van der Waals surface area contributed by atoms with Crippen molar-refractivity contribution in [3.8, 4) is 11.5 Å². The predicted molar refractivity (Wildman–Crippen MR) is 91.7 cm³/mol. The summed E-state index contributed by atoms with van der Waals surface area (Å²) in [6.07, 6.45) is 3.65. The van der Waals surface area contributed by atoms with Crippen LogP contribution in [0.5, 0.6) is 11.5 Å². The molecule has 142 valence electrons. The van der Waals surface area contributed by atoms with E-state index in [4.69, 9.17) is 19.3 Å². The Labute approximate surface area is 151 Å². The number of ether oxygens (including phenoxy) is 3. The van der Waals surface area contributed by atoms with Crippen LogP contribution in [-0.4, -0.2) is 49.1 Å². The molecule has 0 bridgehead atoms. The number of carbonyl (C=O) groups excluding carboxylic acids is 2. The second-order valence-corrected chi connectivity index (χ2v) is 6.52. The molecule has 1 saturated carbocycles. The second kappa shape index (κ2) is 8.37. The largest absolute Gasteiger partial charge is 0.454 e. The lowest BCUT2D eigenvalue weighted by atomic mass is 10.0. The standard InChI is InChI=1S/C18H24N2O6/c21-7-8-26-18(5-1-2-6-18)11-20-17(23)16(22)19-10-13-3-4-14-15(9-13)25-12-24-14/h3-4,9,21H,1-2,5-8,10-12H2,(H,19,22)(H,20,23). The Kier molecular flexibility index (Phi) is 5.95. The molecule has 0 aromatic heterocycles. The minimum atomic E-state index is -0.696. The lowest BCUT2D eigenvalue weighted by Crippen LogP contribution is -2.48. The lowest BCUT2D eigenvalue weighted by molar-refractivity contribution is -0.140.